The Hall–Kier alpha value is -2.90. The Labute approximate surface area is 186 Å². The van der Waals surface area contributed by atoms with Crippen LogP contribution in [-0.2, 0) is 4.74 Å². The van der Waals surface area contributed by atoms with Crippen molar-refractivity contribution in [2.24, 2.45) is 0 Å². The van der Waals surface area contributed by atoms with Gasteiger partial charge in [0.05, 0.1) is 6.10 Å². The van der Waals surface area contributed by atoms with Gasteiger partial charge in [0, 0.05) is 34.1 Å². The Kier molecular flexibility index (Phi) is 6.84. The summed E-state index contributed by atoms with van der Waals surface area (Å²) in [4.78, 5) is 22.5. The largest absolute Gasteiger partial charge is 0.491 e. The topological polar surface area (TPSA) is 73.3 Å². The zero-order valence-electron chi connectivity index (χ0n) is 17.6. The van der Waals surface area contributed by atoms with Crippen molar-refractivity contribution in [2.45, 2.75) is 42.8 Å². The van der Waals surface area contributed by atoms with Crippen molar-refractivity contribution in [3.63, 3.8) is 0 Å². The standard InChI is InChI=1S/C24H25N3O3S/c1-16-14-17(2)26-24(25-16)31-22-11-7-19(8-12-22)27-23(28)18-5-9-20(10-6-18)30-15-21-4-3-13-29-21/h5-12,14,21H,3-4,13,15H2,1-2H3,(H,27,28)/t21-/m0/s1. The lowest BCUT2D eigenvalue weighted by atomic mass is 10.2. The minimum Gasteiger partial charge on any atom is -0.491 e. The Balaban J connectivity index is 1.31. The highest BCUT2D eigenvalue weighted by atomic mass is 32.2. The number of ether oxygens (including phenoxy) is 2. The van der Waals surface area contributed by atoms with Crippen LogP contribution in [0.1, 0.15) is 34.6 Å². The molecule has 0 unspecified atom stereocenters. The number of hydrogen-bond acceptors (Lipinski definition) is 6. The molecule has 0 aliphatic carbocycles. The fourth-order valence-electron chi connectivity index (χ4n) is 3.32. The zero-order chi connectivity index (χ0) is 21.6. The summed E-state index contributed by atoms with van der Waals surface area (Å²) < 4.78 is 11.3. The van der Waals surface area contributed by atoms with Crippen molar-refractivity contribution in [1.82, 2.24) is 9.97 Å². The molecule has 7 heteroatoms. The van der Waals surface area contributed by atoms with Gasteiger partial charge in [-0.2, -0.15) is 0 Å². The van der Waals surface area contributed by atoms with E-state index >= 15 is 0 Å². The summed E-state index contributed by atoms with van der Waals surface area (Å²) in [6.07, 6.45) is 2.30. The molecule has 1 N–H and O–H groups in total. The average Bonchev–Trinajstić information content (AvgIpc) is 3.27. The molecule has 1 aliphatic rings. The van der Waals surface area contributed by atoms with E-state index in [-0.39, 0.29) is 12.0 Å². The van der Waals surface area contributed by atoms with Crippen LogP contribution in [-0.4, -0.2) is 35.2 Å². The Bertz CT molecular complexity index is 1010. The number of nitrogens with one attached hydrogen (secondary N) is 1. The SMILES string of the molecule is Cc1cc(C)nc(Sc2ccc(NC(=O)c3ccc(OC[C@@H]4CCCO4)cc3)cc2)n1. The third kappa shape index (κ3) is 6.06. The van der Waals surface area contributed by atoms with Crippen LogP contribution in [0, 0.1) is 13.8 Å². The number of rotatable bonds is 7. The third-order valence-electron chi connectivity index (χ3n) is 4.86. The van der Waals surface area contributed by atoms with Crippen LogP contribution >= 0.6 is 11.8 Å². The minimum atomic E-state index is -0.163. The molecule has 160 valence electrons. The lowest BCUT2D eigenvalue weighted by molar-refractivity contribution is 0.0679. The number of nitrogens with zero attached hydrogens (tertiary/aromatic N) is 2. The molecule has 31 heavy (non-hydrogen) atoms. The summed E-state index contributed by atoms with van der Waals surface area (Å²) in [5.41, 5.74) is 3.20. The van der Waals surface area contributed by atoms with Gasteiger partial charge >= 0.3 is 0 Å². The van der Waals surface area contributed by atoms with Gasteiger partial charge < -0.3 is 14.8 Å². The summed E-state index contributed by atoms with van der Waals surface area (Å²) in [5, 5.41) is 3.64. The summed E-state index contributed by atoms with van der Waals surface area (Å²) >= 11 is 1.50. The molecule has 1 saturated heterocycles. The summed E-state index contributed by atoms with van der Waals surface area (Å²) in [6.45, 7) is 5.27. The highest BCUT2D eigenvalue weighted by Crippen LogP contribution is 2.26. The first-order chi connectivity index (χ1) is 15.0. The highest BCUT2D eigenvalue weighted by Gasteiger charge is 2.16. The fraction of sp³-hybridized carbons (Fsp3) is 0.292. The van der Waals surface area contributed by atoms with E-state index in [1.807, 2.05) is 56.3 Å². The van der Waals surface area contributed by atoms with Crippen LogP contribution in [0.2, 0.25) is 0 Å². The number of benzene rings is 2. The van der Waals surface area contributed by atoms with Gasteiger partial charge in [0.15, 0.2) is 5.16 Å². The van der Waals surface area contributed by atoms with Crippen LogP contribution in [0.25, 0.3) is 0 Å². The molecule has 1 aliphatic heterocycles. The molecule has 0 bridgehead atoms. The molecule has 0 spiro atoms. The molecule has 0 radical (unpaired) electrons. The van der Waals surface area contributed by atoms with Gasteiger partial charge in [0.1, 0.15) is 12.4 Å². The van der Waals surface area contributed by atoms with Gasteiger partial charge in [0.25, 0.3) is 5.91 Å². The maximum atomic E-state index is 12.5. The molecule has 1 atom stereocenters. The Morgan fingerprint density at radius 1 is 1.10 bits per heavy atom. The van der Waals surface area contributed by atoms with Gasteiger partial charge in [-0.05, 0) is 93.0 Å². The third-order valence-corrected chi connectivity index (χ3v) is 5.73. The fourth-order valence-corrected chi connectivity index (χ4v) is 4.18. The Morgan fingerprint density at radius 2 is 1.81 bits per heavy atom. The smallest absolute Gasteiger partial charge is 0.255 e. The maximum absolute atomic E-state index is 12.5. The molecule has 1 aromatic heterocycles. The second-order valence-corrected chi connectivity index (χ2v) is 8.52. The van der Waals surface area contributed by atoms with E-state index in [0.29, 0.717) is 12.2 Å². The molecule has 2 aromatic carbocycles. The van der Waals surface area contributed by atoms with Crippen molar-refractivity contribution in [3.8, 4) is 5.75 Å². The van der Waals surface area contributed by atoms with E-state index in [0.717, 1.165) is 52.3 Å². The van der Waals surface area contributed by atoms with Crippen LogP contribution in [0.3, 0.4) is 0 Å². The normalized spacial score (nSPS) is 15.6. The van der Waals surface area contributed by atoms with Crippen molar-refractivity contribution >= 4 is 23.4 Å². The minimum absolute atomic E-state index is 0.163. The van der Waals surface area contributed by atoms with Crippen molar-refractivity contribution < 1.29 is 14.3 Å². The van der Waals surface area contributed by atoms with Crippen LogP contribution in [0.4, 0.5) is 5.69 Å². The molecule has 1 amide bonds. The molecule has 4 rings (SSSR count). The predicted octanol–water partition coefficient (Wildman–Crippen LogP) is 5.05. The molecule has 3 aromatic rings. The van der Waals surface area contributed by atoms with Gasteiger partial charge in [-0.1, -0.05) is 0 Å². The highest BCUT2D eigenvalue weighted by molar-refractivity contribution is 7.99. The lowest BCUT2D eigenvalue weighted by Crippen LogP contribution is -2.16. The number of hydrogen-bond donors (Lipinski definition) is 1. The lowest BCUT2D eigenvalue weighted by Gasteiger charge is -2.12. The van der Waals surface area contributed by atoms with Gasteiger partial charge in [-0.25, -0.2) is 9.97 Å². The van der Waals surface area contributed by atoms with E-state index < -0.39 is 0 Å². The number of amides is 1. The molecule has 0 saturated carbocycles. The number of anilines is 1. The molecular weight excluding hydrogens is 410 g/mol. The number of aromatic nitrogens is 2. The van der Waals surface area contributed by atoms with E-state index in [2.05, 4.69) is 15.3 Å². The molecule has 2 heterocycles. The van der Waals surface area contributed by atoms with E-state index in [1.54, 1.807) is 12.1 Å². The van der Waals surface area contributed by atoms with Crippen molar-refractivity contribution in [2.75, 3.05) is 18.5 Å². The number of carbonyl (C=O) groups is 1. The first kappa shape index (κ1) is 21.3. The average molecular weight is 436 g/mol. The summed E-state index contributed by atoms with van der Waals surface area (Å²) in [6, 6.07) is 16.8. The van der Waals surface area contributed by atoms with Crippen molar-refractivity contribution in [3.05, 3.63) is 71.5 Å². The zero-order valence-corrected chi connectivity index (χ0v) is 18.4. The number of carbonyl (C=O) groups excluding carboxylic acids is 1. The second-order valence-electron chi connectivity index (χ2n) is 7.48. The monoisotopic (exact) mass is 435 g/mol. The van der Waals surface area contributed by atoms with Crippen LogP contribution in [0.15, 0.2) is 64.6 Å². The van der Waals surface area contributed by atoms with E-state index in [4.69, 9.17) is 9.47 Å². The molecule has 1 fully saturated rings. The first-order valence-electron chi connectivity index (χ1n) is 10.3. The van der Waals surface area contributed by atoms with Gasteiger partial charge in [-0.15, -0.1) is 0 Å². The maximum Gasteiger partial charge on any atom is 0.255 e. The molecular formula is C24H25N3O3S. The van der Waals surface area contributed by atoms with Gasteiger partial charge in [0.2, 0.25) is 0 Å². The predicted molar refractivity (Wildman–Crippen MR) is 121 cm³/mol. The Morgan fingerprint density at radius 3 is 2.45 bits per heavy atom. The van der Waals surface area contributed by atoms with Crippen molar-refractivity contribution in [1.29, 1.82) is 0 Å². The number of aryl methyl sites for hydroxylation is 2. The summed E-state index contributed by atoms with van der Waals surface area (Å²) in [7, 11) is 0. The quantitative estimate of drug-likeness (QED) is 0.523. The van der Waals surface area contributed by atoms with E-state index in [1.165, 1.54) is 11.8 Å². The summed E-state index contributed by atoms with van der Waals surface area (Å²) in [5.74, 6) is 0.575. The van der Waals surface area contributed by atoms with Crippen LogP contribution < -0.4 is 10.1 Å². The van der Waals surface area contributed by atoms with E-state index in [9.17, 15) is 4.79 Å². The second kappa shape index (κ2) is 9.94. The first-order valence-corrected chi connectivity index (χ1v) is 11.1. The van der Waals surface area contributed by atoms with Gasteiger partial charge in [-0.3, -0.25) is 4.79 Å². The van der Waals surface area contributed by atoms with Crippen LogP contribution in [0.5, 0.6) is 5.75 Å². The molecule has 6 nitrogen and oxygen atoms in total.